The normalized spacial score (nSPS) is 22.7. The molecule has 0 radical (unpaired) electrons. The Labute approximate surface area is 138 Å². The Bertz CT molecular complexity index is 657. The topological polar surface area (TPSA) is 40.5 Å². The van der Waals surface area contributed by atoms with Gasteiger partial charge in [0.2, 0.25) is 0 Å². The van der Waals surface area contributed by atoms with Gasteiger partial charge in [0, 0.05) is 16.5 Å². The Hall–Kier alpha value is -1.96. The highest BCUT2D eigenvalue weighted by molar-refractivity contribution is 5.51. The van der Waals surface area contributed by atoms with E-state index in [1.165, 1.54) is 0 Å². The lowest BCUT2D eigenvalue weighted by atomic mass is 9.55. The Morgan fingerprint density at radius 2 is 1.30 bits per heavy atom. The van der Waals surface area contributed by atoms with Crippen LogP contribution in [0.15, 0.2) is 48.5 Å². The van der Waals surface area contributed by atoms with E-state index >= 15 is 0 Å². The zero-order valence-electron chi connectivity index (χ0n) is 14.2. The molecule has 1 aliphatic carbocycles. The third kappa shape index (κ3) is 2.83. The van der Waals surface area contributed by atoms with Crippen LogP contribution >= 0.6 is 0 Å². The van der Waals surface area contributed by atoms with Crippen molar-refractivity contribution in [1.29, 1.82) is 0 Å². The average molecular weight is 310 g/mol. The van der Waals surface area contributed by atoms with Gasteiger partial charge in [-0.3, -0.25) is 0 Å². The standard InChI is InChI=1S/C21H26O2/c1-15-12-20(2,3)14-21(13-15,16-8-4-6-10-18(16)22)17-9-5-7-11-19(17)23/h4-11,15,22-23H,12-14H2,1-3H3. The Morgan fingerprint density at radius 1 is 0.826 bits per heavy atom. The maximum Gasteiger partial charge on any atom is 0.119 e. The summed E-state index contributed by atoms with van der Waals surface area (Å²) in [5.41, 5.74) is 1.67. The van der Waals surface area contributed by atoms with Gasteiger partial charge in [-0.05, 0) is 42.7 Å². The monoisotopic (exact) mass is 310 g/mol. The van der Waals surface area contributed by atoms with Gasteiger partial charge in [-0.1, -0.05) is 57.2 Å². The summed E-state index contributed by atoms with van der Waals surface area (Å²) in [7, 11) is 0. The van der Waals surface area contributed by atoms with Crippen molar-refractivity contribution in [3.8, 4) is 11.5 Å². The predicted molar refractivity (Wildman–Crippen MR) is 93.8 cm³/mol. The van der Waals surface area contributed by atoms with Crippen molar-refractivity contribution in [2.75, 3.05) is 0 Å². The molecule has 2 aromatic carbocycles. The molecule has 0 saturated heterocycles. The van der Waals surface area contributed by atoms with Gasteiger partial charge in [-0.15, -0.1) is 0 Å². The highest BCUT2D eigenvalue weighted by atomic mass is 16.3. The van der Waals surface area contributed by atoms with Gasteiger partial charge in [0.05, 0.1) is 0 Å². The summed E-state index contributed by atoms with van der Waals surface area (Å²) < 4.78 is 0. The third-order valence-corrected chi connectivity index (χ3v) is 5.22. The van der Waals surface area contributed by atoms with Crippen LogP contribution in [0.4, 0.5) is 0 Å². The van der Waals surface area contributed by atoms with Crippen molar-refractivity contribution >= 4 is 0 Å². The summed E-state index contributed by atoms with van der Waals surface area (Å²) in [5, 5.41) is 21.1. The zero-order chi connectivity index (χ0) is 16.7. The number of hydrogen-bond acceptors (Lipinski definition) is 2. The largest absolute Gasteiger partial charge is 0.508 e. The Kier molecular flexibility index (Phi) is 3.87. The highest BCUT2D eigenvalue weighted by Crippen LogP contribution is 2.56. The molecule has 1 aliphatic rings. The van der Waals surface area contributed by atoms with Crippen LogP contribution in [0, 0.1) is 11.3 Å². The number of rotatable bonds is 2. The van der Waals surface area contributed by atoms with Gasteiger partial charge < -0.3 is 10.2 Å². The molecule has 0 bridgehead atoms. The lowest BCUT2D eigenvalue weighted by Crippen LogP contribution is -2.41. The van der Waals surface area contributed by atoms with Gasteiger partial charge in [0.1, 0.15) is 11.5 Å². The highest BCUT2D eigenvalue weighted by Gasteiger charge is 2.47. The minimum Gasteiger partial charge on any atom is -0.508 e. The van der Waals surface area contributed by atoms with Crippen LogP contribution in [0.25, 0.3) is 0 Å². The number of aromatic hydroxyl groups is 2. The third-order valence-electron chi connectivity index (χ3n) is 5.22. The minimum atomic E-state index is -0.349. The van der Waals surface area contributed by atoms with Crippen molar-refractivity contribution in [2.24, 2.45) is 11.3 Å². The van der Waals surface area contributed by atoms with Crippen LogP contribution in [-0.4, -0.2) is 10.2 Å². The molecule has 3 rings (SSSR count). The summed E-state index contributed by atoms with van der Waals surface area (Å²) in [5.74, 6) is 1.17. The molecule has 2 nitrogen and oxygen atoms in total. The van der Waals surface area contributed by atoms with Crippen LogP contribution in [0.5, 0.6) is 11.5 Å². The predicted octanol–water partition coefficient (Wildman–Crippen LogP) is 5.23. The molecule has 0 amide bonds. The van der Waals surface area contributed by atoms with E-state index < -0.39 is 0 Å². The quantitative estimate of drug-likeness (QED) is 0.797. The van der Waals surface area contributed by atoms with E-state index in [0.29, 0.717) is 17.4 Å². The van der Waals surface area contributed by atoms with E-state index in [1.807, 2.05) is 36.4 Å². The van der Waals surface area contributed by atoms with Crippen molar-refractivity contribution in [1.82, 2.24) is 0 Å². The van der Waals surface area contributed by atoms with E-state index in [2.05, 4.69) is 20.8 Å². The molecule has 1 saturated carbocycles. The van der Waals surface area contributed by atoms with Crippen molar-refractivity contribution in [2.45, 2.75) is 45.4 Å². The molecule has 2 N–H and O–H groups in total. The van der Waals surface area contributed by atoms with Crippen molar-refractivity contribution in [3.05, 3.63) is 59.7 Å². The first-order valence-electron chi connectivity index (χ1n) is 8.41. The number of hydrogen-bond donors (Lipinski definition) is 2. The van der Waals surface area contributed by atoms with Crippen LogP contribution < -0.4 is 0 Å². The summed E-state index contributed by atoms with van der Waals surface area (Å²) in [6.45, 7) is 6.85. The van der Waals surface area contributed by atoms with Crippen LogP contribution in [0.3, 0.4) is 0 Å². The van der Waals surface area contributed by atoms with Crippen molar-refractivity contribution < 1.29 is 10.2 Å². The fourth-order valence-electron chi connectivity index (χ4n) is 4.88. The molecule has 0 heterocycles. The number of benzene rings is 2. The maximum atomic E-state index is 10.6. The molecule has 0 aromatic heterocycles. The Morgan fingerprint density at radius 3 is 1.74 bits per heavy atom. The molecule has 1 fully saturated rings. The molecular weight excluding hydrogens is 284 g/mol. The van der Waals surface area contributed by atoms with Gasteiger partial charge in [-0.25, -0.2) is 0 Å². The van der Waals surface area contributed by atoms with E-state index in [0.717, 1.165) is 30.4 Å². The molecule has 1 unspecified atom stereocenters. The van der Waals surface area contributed by atoms with E-state index in [4.69, 9.17) is 0 Å². The average Bonchev–Trinajstić information content (AvgIpc) is 2.45. The smallest absolute Gasteiger partial charge is 0.119 e. The van der Waals surface area contributed by atoms with Gasteiger partial charge in [0.25, 0.3) is 0 Å². The lowest BCUT2D eigenvalue weighted by Gasteiger charge is -2.48. The van der Waals surface area contributed by atoms with Gasteiger partial charge >= 0.3 is 0 Å². The summed E-state index contributed by atoms with van der Waals surface area (Å²) >= 11 is 0. The van der Waals surface area contributed by atoms with Gasteiger partial charge in [-0.2, -0.15) is 0 Å². The molecule has 0 spiro atoms. The molecular formula is C21H26O2. The van der Waals surface area contributed by atoms with E-state index in [9.17, 15) is 10.2 Å². The van der Waals surface area contributed by atoms with Gasteiger partial charge in [0.15, 0.2) is 0 Å². The summed E-state index contributed by atoms with van der Waals surface area (Å²) in [4.78, 5) is 0. The van der Waals surface area contributed by atoms with E-state index in [1.54, 1.807) is 12.1 Å². The van der Waals surface area contributed by atoms with Crippen LogP contribution in [0.2, 0.25) is 0 Å². The second-order valence-corrected chi connectivity index (χ2v) is 7.97. The second-order valence-electron chi connectivity index (χ2n) is 7.97. The zero-order valence-corrected chi connectivity index (χ0v) is 14.2. The minimum absolute atomic E-state index is 0.155. The molecule has 2 aromatic rings. The first kappa shape index (κ1) is 15.9. The first-order chi connectivity index (χ1) is 10.8. The van der Waals surface area contributed by atoms with Crippen LogP contribution in [0.1, 0.15) is 51.2 Å². The van der Waals surface area contributed by atoms with E-state index in [-0.39, 0.29) is 10.8 Å². The second kappa shape index (κ2) is 5.59. The number of phenols is 2. The molecule has 2 heteroatoms. The van der Waals surface area contributed by atoms with Crippen molar-refractivity contribution in [3.63, 3.8) is 0 Å². The first-order valence-corrected chi connectivity index (χ1v) is 8.41. The number of para-hydroxylation sites is 2. The number of phenolic OH excluding ortho intramolecular Hbond substituents is 2. The fraction of sp³-hybridized carbons (Fsp3) is 0.429. The molecule has 122 valence electrons. The maximum absolute atomic E-state index is 10.6. The fourth-order valence-corrected chi connectivity index (χ4v) is 4.88. The van der Waals surface area contributed by atoms with Crippen LogP contribution in [-0.2, 0) is 5.41 Å². The summed E-state index contributed by atoms with van der Waals surface area (Å²) in [6, 6.07) is 15.2. The Balaban J connectivity index is 2.26. The molecule has 23 heavy (non-hydrogen) atoms. The lowest BCUT2D eigenvalue weighted by molar-refractivity contribution is 0.123. The SMILES string of the molecule is CC1CC(C)(C)CC(c2ccccc2O)(c2ccccc2O)C1. The summed E-state index contributed by atoms with van der Waals surface area (Å²) in [6.07, 6.45) is 3.01. The molecule has 1 atom stereocenters. The molecule has 0 aliphatic heterocycles.